The van der Waals surface area contributed by atoms with Crippen molar-refractivity contribution < 1.29 is 13.7 Å². The van der Waals surface area contributed by atoms with E-state index in [9.17, 15) is 0 Å². The second-order valence-corrected chi connectivity index (χ2v) is 8.58. The van der Waals surface area contributed by atoms with Crippen molar-refractivity contribution in [3.05, 3.63) is 94.9 Å². The number of thiocarbonyl (C=S) groups is 1. The van der Waals surface area contributed by atoms with Crippen molar-refractivity contribution in [2.45, 2.75) is 19.5 Å². The van der Waals surface area contributed by atoms with E-state index in [1.807, 2.05) is 72.5 Å². The van der Waals surface area contributed by atoms with Crippen LogP contribution in [-0.2, 0) is 6.54 Å². The molecular formula is C25H21ClN4O3S. The molecule has 1 aliphatic rings. The first-order valence-corrected chi connectivity index (χ1v) is 11.4. The molecule has 1 N–H and O–H groups in total. The Balaban J connectivity index is 1.59. The zero-order valence-corrected chi connectivity index (χ0v) is 20.1. The fourth-order valence-corrected chi connectivity index (χ4v) is 4.37. The lowest BCUT2D eigenvalue weighted by Gasteiger charge is -2.37. The van der Waals surface area contributed by atoms with Crippen LogP contribution in [-0.4, -0.2) is 27.3 Å². The minimum atomic E-state index is -0.295. The third-order valence-electron chi connectivity index (χ3n) is 5.68. The number of nitrogens with zero attached hydrogens (tertiary/aromatic N) is 3. The number of rotatable bonds is 6. The van der Waals surface area contributed by atoms with Crippen LogP contribution in [0, 0.1) is 0 Å². The molecule has 9 heteroatoms. The Kier molecular flexibility index (Phi) is 6.08. The van der Waals surface area contributed by atoms with Gasteiger partial charge < -0.3 is 23.9 Å². The monoisotopic (exact) mass is 492 g/mol. The molecule has 1 unspecified atom stereocenters. The molecule has 5 rings (SSSR count). The molecule has 0 saturated heterocycles. The lowest BCUT2D eigenvalue weighted by Crippen LogP contribution is -2.45. The van der Waals surface area contributed by atoms with Gasteiger partial charge >= 0.3 is 0 Å². The highest BCUT2D eigenvalue weighted by Gasteiger charge is 2.34. The van der Waals surface area contributed by atoms with Crippen molar-refractivity contribution in [1.82, 2.24) is 20.4 Å². The van der Waals surface area contributed by atoms with Crippen LogP contribution in [0.1, 0.15) is 30.2 Å². The summed E-state index contributed by atoms with van der Waals surface area (Å²) in [6, 6.07) is 18.6. The molecule has 0 radical (unpaired) electrons. The summed E-state index contributed by atoms with van der Waals surface area (Å²) in [5, 5.41) is 8.90. The number of furan rings is 1. The predicted octanol–water partition coefficient (Wildman–Crippen LogP) is 5.85. The van der Waals surface area contributed by atoms with E-state index in [2.05, 4.69) is 10.5 Å². The number of allylic oxidation sites excluding steroid dienone is 1. The van der Waals surface area contributed by atoms with Crippen LogP contribution in [0.25, 0.3) is 17.0 Å². The highest BCUT2D eigenvalue weighted by molar-refractivity contribution is 7.80. The van der Waals surface area contributed by atoms with Gasteiger partial charge in [0.25, 0.3) is 5.89 Å². The van der Waals surface area contributed by atoms with Gasteiger partial charge in [-0.25, -0.2) is 0 Å². The molecule has 34 heavy (non-hydrogen) atoms. The number of methoxy groups -OCH3 is 1. The third kappa shape index (κ3) is 4.30. The molecule has 7 nitrogen and oxygen atoms in total. The van der Waals surface area contributed by atoms with Crippen LogP contribution in [0.4, 0.5) is 0 Å². The number of nitrogens with one attached hydrogen (secondary N) is 1. The van der Waals surface area contributed by atoms with E-state index in [4.69, 9.17) is 42.5 Å². The van der Waals surface area contributed by atoms with Crippen molar-refractivity contribution in [3.8, 4) is 17.1 Å². The van der Waals surface area contributed by atoms with Crippen LogP contribution in [0.15, 0.2) is 81.6 Å². The van der Waals surface area contributed by atoms with Gasteiger partial charge in [-0.2, -0.15) is 4.98 Å². The topological polar surface area (TPSA) is 76.6 Å². The number of benzene rings is 2. The molecule has 0 saturated carbocycles. The number of hydrogen-bond donors (Lipinski definition) is 1. The van der Waals surface area contributed by atoms with Crippen LogP contribution in [0.5, 0.6) is 5.75 Å². The summed E-state index contributed by atoms with van der Waals surface area (Å²) in [4.78, 5) is 6.69. The van der Waals surface area contributed by atoms with Crippen molar-refractivity contribution >= 4 is 34.5 Å². The van der Waals surface area contributed by atoms with Crippen molar-refractivity contribution in [2.75, 3.05) is 7.11 Å². The Bertz CT molecular complexity index is 1350. The van der Waals surface area contributed by atoms with Crippen LogP contribution < -0.4 is 10.1 Å². The predicted molar refractivity (Wildman–Crippen MR) is 133 cm³/mol. The smallest absolute Gasteiger partial charge is 0.258 e. The molecule has 3 heterocycles. The van der Waals surface area contributed by atoms with E-state index in [1.54, 1.807) is 13.4 Å². The summed E-state index contributed by atoms with van der Waals surface area (Å²) in [5.74, 6) is 2.37. The number of halogens is 1. The molecule has 1 atom stereocenters. The second-order valence-electron chi connectivity index (χ2n) is 7.75. The van der Waals surface area contributed by atoms with Crippen molar-refractivity contribution in [2.24, 2.45) is 0 Å². The van der Waals surface area contributed by atoms with E-state index in [0.717, 1.165) is 28.2 Å². The molecule has 172 valence electrons. The molecule has 2 aromatic carbocycles. The Morgan fingerprint density at radius 3 is 2.71 bits per heavy atom. The van der Waals surface area contributed by atoms with Crippen molar-refractivity contribution in [3.63, 3.8) is 0 Å². The third-order valence-corrected chi connectivity index (χ3v) is 6.27. The molecule has 1 aliphatic heterocycles. The Hall–Kier alpha value is -3.62. The summed E-state index contributed by atoms with van der Waals surface area (Å²) in [6.45, 7) is 2.46. The van der Waals surface area contributed by atoms with E-state index < -0.39 is 0 Å². The van der Waals surface area contributed by atoms with E-state index in [1.165, 1.54) is 0 Å². The van der Waals surface area contributed by atoms with Gasteiger partial charge in [-0.15, -0.1) is 0 Å². The fourth-order valence-electron chi connectivity index (χ4n) is 3.92. The number of hydrogen-bond acceptors (Lipinski definition) is 6. The normalized spacial score (nSPS) is 16.0. The zero-order chi connectivity index (χ0) is 23.7. The molecule has 0 fully saturated rings. The molecule has 0 bridgehead atoms. The highest BCUT2D eigenvalue weighted by atomic mass is 35.5. The molecule has 0 spiro atoms. The maximum Gasteiger partial charge on any atom is 0.258 e. The molecule has 0 aliphatic carbocycles. The van der Waals surface area contributed by atoms with Gasteiger partial charge in [-0.1, -0.05) is 41.0 Å². The minimum Gasteiger partial charge on any atom is -0.497 e. The quantitative estimate of drug-likeness (QED) is 0.336. The average Bonchev–Trinajstić information content (AvgIpc) is 3.54. The number of ether oxygens (including phenoxy) is 1. The largest absolute Gasteiger partial charge is 0.497 e. The van der Waals surface area contributed by atoms with Crippen LogP contribution >= 0.6 is 23.8 Å². The first-order chi connectivity index (χ1) is 16.5. The summed E-state index contributed by atoms with van der Waals surface area (Å²) in [5.41, 5.74) is 3.48. The zero-order valence-electron chi connectivity index (χ0n) is 18.5. The highest BCUT2D eigenvalue weighted by Crippen LogP contribution is 2.38. The fraction of sp³-hybridized carbons (Fsp3) is 0.160. The number of aromatic nitrogens is 2. The van der Waals surface area contributed by atoms with Gasteiger partial charge in [0, 0.05) is 16.3 Å². The second kappa shape index (κ2) is 9.32. The van der Waals surface area contributed by atoms with Gasteiger partial charge in [0.05, 0.1) is 31.5 Å². The maximum absolute atomic E-state index is 6.13. The van der Waals surface area contributed by atoms with Crippen LogP contribution in [0.2, 0.25) is 5.02 Å². The van der Waals surface area contributed by atoms with Gasteiger partial charge in [0.2, 0.25) is 5.82 Å². The average molecular weight is 493 g/mol. The Labute approximate surface area is 207 Å². The van der Waals surface area contributed by atoms with Gasteiger partial charge in [0.1, 0.15) is 11.5 Å². The molecule has 4 aromatic rings. The first-order valence-electron chi connectivity index (χ1n) is 10.6. The summed E-state index contributed by atoms with van der Waals surface area (Å²) in [6.07, 6.45) is 1.64. The molecule has 2 aromatic heterocycles. The summed E-state index contributed by atoms with van der Waals surface area (Å²) in [7, 11) is 1.62. The SMILES string of the molecule is COc1cccc(-c2noc(C3=C(C)N(Cc4ccco4)C(=S)NC3c3ccc(Cl)cc3)n2)c1. The standard InChI is InChI=1S/C25H21ClN4O3S/c1-15-21(24-28-23(29-33-24)17-5-3-6-19(13-17)31-2)22(16-8-10-18(26)11-9-16)27-25(34)30(15)14-20-7-4-12-32-20/h3-13,22H,14H2,1-2H3,(H,27,34). The maximum atomic E-state index is 6.13. The summed E-state index contributed by atoms with van der Waals surface area (Å²) >= 11 is 11.9. The summed E-state index contributed by atoms with van der Waals surface area (Å²) < 4.78 is 16.7. The Morgan fingerprint density at radius 1 is 1.15 bits per heavy atom. The molecular weight excluding hydrogens is 472 g/mol. The van der Waals surface area contributed by atoms with Gasteiger partial charge in [-0.3, -0.25) is 0 Å². The van der Waals surface area contributed by atoms with Crippen LogP contribution in [0.3, 0.4) is 0 Å². The van der Waals surface area contributed by atoms with E-state index in [-0.39, 0.29) is 6.04 Å². The Morgan fingerprint density at radius 2 is 1.97 bits per heavy atom. The lowest BCUT2D eigenvalue weighted by atomic mass is 9.95. The van der Waals surface area contributed by atoms with Gasteiger partial charge in [0.15, 0.2) is 5.11 Å². The minimum absolute atomic E-state index is 0.295. The van der Waals surface area contributed by atoms with Gasteiger partial charge in [-0.05, 0) is 61.1 Å². The first kappa shape index (κ1) is 22.2. The molecule has 0 amide bonds. The lowest BCUT2D eigenvalue weighted by molar-refractivity contribution is 0.382. The van der Waals surface area contributed by atoms with E-state index in [0.29, 0.717) is 34.1 Å². The van der Waals surface area contributed by atoms with Crippen molar-refractivity contribution in [1.29, 1.82) is 0 Å². The van der Waals surface area contributed by atoms with E-state index >= 15 is 0 Å².